The Labute approximate surface area is 67.4 Å². The van der Waals surface area contributed by atoms with Gasteiger partial charge in [-0.3, -0.25) is 0 Å². The van der Waals surface area contributed by atoms with Crippen LogP contribution in [0, 0.1) is 5.41 Å². The number of hydrogen-bond donors (Lipinski definition) is 1. The van der Waals surface area contributed by atoms with E-state index in [2.05, 4.69) is 4.74 Å². The maximum atomic E-state index is 10.7. The van der Waals surface area contributed by atoms with Crippen LogP contribution in [-0.2, 0) is 9.53 Å². The Morgan fingerprint density at radius 2 is 2.00 bits per heavy atom. The fourth-order valence-corrected chi connectivity index (χ4v) is 0.799. The summed E-state index contributed by atoms with van der Waals surface area (Å²) in [5.41, 5.74) is -0.0480. The molecule has 0 aromatic rings. The average Bonchev–Trinajstić information content (AvgIpc) is 1.82. The minimum atomic E-state index is -0.986. The van der Waals surface area contributed by atoms with Crippen molar-refractivity contribution in [3.63, 3.8) is 0 Å². The van der Waals surface area contributed by atoms with Gasteiger partial charge in [0.1, 0.15) is 0 Å². The Kier molecular flexibility index (Phi) is 3.52. The smallest absolute Gasteiger partial charge is 0.334 e. The lowest BCUT2D eigenvalue weighted by Gasteiger charge is -2.20. The first-order valence-electron chi connectivity index (χ1n) is 3.63. The molecule has 0 aromatic carbocycles. The highest BCUT2D eigenvalue weighted by atomic mass is 16.5. The molecule has 0 spiro atoms. The van der Waals surface area contributed by atoms with Gasteiger partial charge in [0, 0.05) is 0 Å². The third-order valence-corrected chi connectivity index (χ3v) is 1.28. The molecule has 0 bridgehead atoms. The zero-order valence-electron chi connectivity index (χ0n) is 7.55. The normalized spacial score (nSPS) is 14.3. The van der Waals surface area contributed by atoms with Gasteiger partial charge in [0.05, 0.1) is 7.11 Å². The van der Waals surface area contributed by atoms with Crippen molar-refractivity contribution in [2.75, 3.05) is 7.11 Å². The molecule has 3 nitrogen and oxygen atoms in total. The molecule has 0 saturated heterocycles. The van der Waals surface area contributed by atoms with Crippen molar-refractivity contribution in [1.82, 2.24) is 0 Å². The summed E-state index contributed by atoms with van der Waals surface area (Å²) in [6.07, 6.45) is -0.556. The van der Waals surface area contributed by atoms with Crippen LogP contribution in [0.25, 0.3) is 0 Å². The Morgan fingerprint density at radius 3 is 2.27 bits per heavy atom. The summed E-state index contributed by atoms with van der Waals surface area (Å²) < 4.78 is 4.37. The van der Waals surface area contributed by atoms with Crippen LogP contribution in [0.3, 0.4) is 0 Å². The molecule has 0 unspecified atom stereocenters. The van der Waals surface area contributed by atoms with Crippen molar-refractivity contribution in [1.29, 1.82) is 0 Å². The zero-order chi connectivity index (χ0) is 9.07. The Bertz CT molecular complexity index is 135. The standard InChI is InChI=1S/C8H16O3/c1-8(2,3)5-6(9)7(10)11-4/h6,9H,5H2,1-4H3/t6-/m1/s1. The first kappa shape index (κ1) is 10.4. The molecular formula is C8H16O3. The SMILES string of the molecule is COC(=O)[C@H](O)CC(C)(C)C. The van der Waals surface area contributed by atoms with Crippen LogP contribution in [0.4, 0.5) is 0 Å². The third kappa shape index (κ3) is 4.79. The maximum absolute atomic E-state index is 10.7. The van der Waals surface area contributed by atoms with E-state index < -0.39 is 12.1 Å². The molecule has 0 saturated carbocycles. The summed E-state index contributed by atoms with van der Waals surface area (Å²) in [4.78, 5) is 10.7. The highest BCUT2D eigenvalue weighted by Crippen LogP contribution is 2.20. The highest BCUT2D eigenvalue weighted by Gasteiger charge is 2.22. The van der Waals surface area contributed by atoms with E-state index >= 15 is 0 Å². The molecule has 0 aliphatic heterocycles. The van der Waals surface area contributed by atoms with E-state index in [1.54, 1.807) is 0 Å². The number of aliphatic hydroxyl groups is 1. The maximum Gasteiger partial charge on any atom is 0.334 e. The first-order chi connectivity index (χ1) is 4.87. The van der Waals surface area contributed by atoms with Crippen molar-refractivity contribution in [2.24, 2.45) is 5.41 Å². The monoisotopic (exact) mass is 160 g/mol. The summed E-state index contributed by atoms with van der Waals surface area (Å²) in [6, 6.07) is 0. The molecule has 0 aliphatic carbocycles. The predicted octanol–water partition coefficient (Wildman–Crippen LogP) is 0.956. The quantitative estimate of drug-likeness (QED) is 0.612. The van der Waals surface area contributed by atoms with E-state index in [1.807, 2.05) is 20.8 Å². The highest BCUT2D eigenvalue weighted by molar-refractivity contribution is 5.74. The number of ether oxygens (including phenoxy) is 1. The lowest BCUT2D eigenvalue weighted by Crippen LogP contribution is -2.26. The lowest BCUT2D eigenvalue weighted by atomic mass is 9.89. The number of esters is 1. The van der Waals surface area contributed by atoms with Gasteiger partial charge in [0.25, 0.3) is 0 Å². The van der Waals surface area contributed by atoms with Gasteiger partial charge in [-0.2, -0.15) is 0 Å². The van der Waals surface area contributed by atoms with Crippen molar-refractivity contribution in [3.05, 3.63) is 0 Å². The Hall–Kier alpha value is -0.570. The van der Waals surface area contributed by atoms with Gasteiger partial charge in [-0.05, 0) is 11.8 Å². The van der Waals surface area contributed by atoms with Crippen LogP contribution in [0.1, 0.15) is 27.2 Å². The second-order valence-electron chi connectivity index (χ2n) is 3.80. The first-order valence-corrected chi connectivity index (χ1v) is 3.63. The largest absolute Gasteiger partial charge is 0.467 e. The summed E-state index contributed by atoms with van der Waals surface area (Å²) in [7, 11) is 1.27. The minimum absolute atomic E-state index is 0.0480. The molecule has 0 fully saturated rings. The molecule has 0 aromatic heterocycles. The fraction of sp³-hybridized carbons (Fsp3) is 0.875. The molecule has 0 aliphatic rings. The molecular weight excluding hydrogens is 144 g/mol. The number of hydrogen-bond acceptors (Lipinski definition) is 3. The molecule has 0 rings (SSSR count). The summed E-state index contributed by atoms with van der Waals surface area (Å²) >= 11 is 0. The van der Waals surface area contributed by atoms with E-state index in [-0.39, 0.29) is 5.41 Å². The molecule has 1 N–H and O–H groups in total. The predicted molar refractivity (Wildman–Crippen MR) is 42.1 cm³/mol. The van der Waals surface area contributed by atoms with Crippen LogP contribution in [-0.4, -0.2) is 24.3 Å². The van der Waals surface area contributed by atoms with Gasteiger partial charge in [-0.15, -0.1) is 0 Å². The average molecular weight is 160 g/mol. The van der Waals surface area contributed by atoms with E-state index in [0.717, 1.165) is 0 Å². The van der Waals surface area contributed by atoms with Crippen molar-refractivity contribution >= 4 is 5.97 Å². The van der Waals surface area contributed by atoms with Crippen LogP contribution in [0.15, 0.2) is 0 Å². The number of aliphatic hydroxyl groups excluding tert-OH is 1. The zero-order valence-corrected chi connectivity index (χ0v) is 7.55. The van der Waals surface area contributed by atoms with Crippen LogP contribution >= 0.6 is 0 Å². The topological polar surface area (TPSA) is 46.5 Å². The third-order valence-electron chi connectivity index (χ3n) is 1.28. The van der Waals surface area contributed by atoms with Gasteiger partial charge in [0.15, 0.2) is 6.10 Å². The molecule has 0 amide bonds. The summed E-state index contributed by atoms with van der Waals surface area (Å²) in [5.74, 6) is -0.556. The Morgan fingerprint density at radius 1 is 1.55 bits per heavy atom. The summed E-state index contributed by atoms with van der Waals surface area (Å²) in [5, 5.41) is 9.18. The molecule has 11 heavy (non-hydrogen) atoms. The molecule has 3 heteroatoms. The molecule has 0 heterocycles. The van der Waals surface area contributed by atoms with Gasteiger partial charge in [-0.1, -0.05) is 20.8 Å². The fourth-order valence-electron chi connectivity index (χ4n) is 0.799. The van der Waals surface area contributed by atoms with Gasteiger partial charge >= 0.3 is 5.97 Å². The van der Waals surface area contributed by atoms with Gasteiger partial charge in [-0.25, -0.2) is 4.79 Å². The second kappa shape index (κ2) is 3.72. The number of methoxy groups -OCH3 is 1. The van der Waals surface area contributed by atoms with E-state index in [0.29, 0.717) is 6.42 Å². The lowest BCUT2D eigenvalue weighted by molar-refractivity contribution is -0.151. The van der Waals surface area contributed by atoms with E-state index in [4.69, 9.17) is 0 Å². The van der Waals surface area contributed by atoms with Gasteiger partial charge < -0.3 is 9.84 Å². The van der Waals surface area contributed by atoms with Crippen LogP contribution in [0.5, 0.6) is 0 Å². The Balaban J connectivity index is 3.87. The number of rotatable bonds is 2. The number of carbonyl (C=O) groups is 1. The molecule has 1 atom stereocenters. The van der Waals surface area contributed by atoms with E-state index in [9.17, 15) is 9.90 Å². The summed E-state index contributed by atoms with van der Waals surface area (Å²) in [6.45, 7) is 5.87. The van der Waals surface area contributed by atoms with Crippen molar-refractivity contribution < 1.29 is 14.6 Å². The molecule has 66 valence electrons. The van der Waals surface area contributed by atoms with Gasteiger partial charge in [0.2, 0.25) is 0 Å². The van der Waals surface area contributed by atoms with Crippen molar-refractivity contribution in [3.8, 4) is 0 Å². The van der Waals surface area contributed by atoms with E-state index in [1.165, 1.54) is 7.11 Å². The molecule has 0 radical (unpaired) electrons. The number of carbonyl (C=O) groups excluding carboxylic acids is 1. The second-order valence-corrected chi connectivity index (χ2v) is 3.80. The van der Waals surface area contributed by atoms with Crippen molar-refractivity contribution in [2.45, 2.75) is 33.3 Å². The van der Waals surface area contributed by atoms with Crippen LogP contribution in [0.2, 0.25) is 0 Å². The van der Waals surface area contributed by atoms with Crippen LogP contribution < -0.4 is 0 Å². The minimum Gasteiger partial charge on any atom is -0.467 e.